The lowest BCUT2D eigenvalue weighted by atomic mass is 9.94. The van der Waals surface area contributed by atoms with Crippen molar-refractivity contribution < 1.29 is 9.59 Å². The first kappa shape index (κ1) is 25.0. The number of aryl methyl sites for hydroxylation is 1. The SMILES string of the molecule is Cc1ccc(N(C(=O)Cn2nnc(-c3cccs3)n2)[C@@H](CC(C)C)C(=O)NC2CCCCC2)cc1. The zero-order valence-corrected chi connectivity index (χ0v) is 21.5. The van der Waals surface area contributed by atoms with Crippen LogP contribution in [0.3, 0.4) is 0 Å². The number of rotatable bonds is 9. The van der Waals surface area contributed by atoms with Gasteiger partial charge in [0.25, 0.3) is 5.91 Å². The molecule has 3 aromatic rings. The second-order valence-electron chi connectivity index (χ2n) is 9.71. The van der Waals surface area contributed by atoms with Gasteiger partial charge in [0.2, 0.25) is 11.7 Å². The molecule has 1 aliphatic carbocycles. The molecule has 1 aromatic carbocycles. The Balaban J connectivity index is 1.60. The number of hydrogen-bond donors (Lipinski definition) is 1. The number of hydrogen-bond acceptors (Lipinski definition) is 6. The van der Waals surface area contributed by atoms with E-state index in [1.54, 1.807) is 4.90 Å². The Morgan fingerprint density at radius 2 is 1.89 bits per heavy atom. The zero-order chi connectivity index (χ0) is 24.8. The van der Waals surface area contributed by atoms with Gasteiger partial charge in [0.1, 0.15) is 12.6 Å². The van der Waals surface area contributed by atoms with E-state index >= 15 is 0 Å². The second kappa shape index (κ2) is 11.6. The smallest absolute Gasteiger partial charge is 0.251 e. The third kappa shape index (κ3) is 6.54. The fourth-order valence-electron chi connectivity index (χ4n) is 4.54. The number of aromatic nitrogens is 4. The molecular weight excluding hydrogens is 460 g/mol. The molecule has 35 heavy (non-hydrogen) atoms. The summed E-state index contributed by atoms with van der Waals surface area (Å²) < 4.78 is 0. The molecule has 1 aliphatic rings. The molecule has 0 unspecified atom stereocenters. The molecule has 2 heterocycles. The average Bonchev–Trinajstić information content (AvgIpc) is 3.52. The molecule has 1 fully saturated rings. The summed E-state index contributed by atoms with van der Waals surface area (Å²) in [6, 6.07) is 11.1. The van der Waals surface area contributed by atoms with E-state index in [1.165, 1.54) is 22.6 Å². The third-order valence-corrected chi connectivity index (χ3v) is 7.18. The van der Waals surface area contributed by atoms with E-state index in [9.17, 15) is 9.59 Å². The lowest BCUT2D eigenvalue weighted by Gasteiger charge is -2.34. The number of thiophene rings is 1. The van der Waals surface area contributed by atoms with E-state index in [0.717, 1.165) is 36.1 Å². The molecule has 1 atom stereocenters. The van der Waals surface area contributed by atoms with Gasteiger partial charge in [-0.2, -0.15) is 4.80 Å². The standard InChI is InChI=1S/C26H34N6O2S/c1-18(2)16-22(26(34)27-20-8-5-4-6-9-20)32(21-13-11-19(3)12-14-21)24(33)17-31-29-25(28-30-31)23-10-7-15-35-23/h7,10-15,18,20,22H,4-6,8-9,16-17H2,1-3H3,(H,27,34)/t22-/m0/s1. The van der Waals surface area contributed by atoms with Crippen molar-refractivity contribution in [3.63, 3.8) is 0 Å². The van der Waals surface area contributed by atoms with Gasteiger partial charge in [0.05, 0.1) is 4.88 Å². The Morgan fingerprint density at radius 3 is 2.54 bits per heavy atom. The van der Waals surface area contributed by atoms with Crippen molar-refractivity contribution in [2.45, 2.75) is 77.9 Å². The van der Waals surface area contributed by atoms with Gasteiger partial charge in [-0.05, 0) is 60.9 Å². The van der Waals surface area contributed by atoms with Gasteiger partial charge in [-0.25, -0.2) is 0 Å². The van der Waals surface area contributed by atoms with Gasteiger partial charge in [-0.3, -0.25) is 14.5 Å². The largest absolute Gasteiger partial charge is 0.352 e. The number of nitrogens with one attached hydrogen (secondary N) is 1. The third-order valence-electron chi connectivity index (χ3n) is 6.31. The van der Waals surface area contributed by atoms with Gasteiger partial charge >= 0.3 is 0 Å². The Hall–Kier alpha value is -3.07. The minimum atomic E-state index is -0.618. The van der Waals surface area contributed by atoms with Crippen LogP contribution in [0, 0.1) is 12.8 Å². The highest BCUT2D eigenvalue weighted by molar-refractivity contribution is 7.13. The molecule has 186 valence electrons. The van der Waals surface area contributed by atoms with Crippen molar-refractivity contribution in [1.82, 2.24) is 25.5 Å². The van der Waals surface area contributed by atoms with Crippen molar-refractivity contribution in [2.75, 3.05) is 4.90 Å². The number of nitrogens with zero attached hydrogens (tertiary/aromatic N) is 5. The normalized spacial score (nSPS) is 15.2. The molecule has 0 aliphatic heterocycles. The molecular formula is C26H34N6O2S. The monoisotopic (exact) mass is 494 g/mol. The van der Waals surface area contributed by atoms with Crippen LogP contribution in [0.25, 0.3) is 10.7 Å². The first-order valence-electron chi connectivity index (χ1n) is 12.4. The summed E-state index contributed by atoms with van der Waals surface area (Å²) in [5, 5.41) is 17.8. The summed E-state index contributed by atoms with van der Waals surface area (Å²) in [6.45, 7) is 6.05. The lowest BCUT2D eigenvalue weighted by molar-refractivity contribution is -0.127. The van der Waals surface area contributed by atoms with Crippen molar-refractivity contribution in [1.29, 1.82) is 0 Å². The van der Waals surface area contributed by atoms with Crippen LogP contribution in [0.4, 0.5) is 5.69 Å². The summed E-state index contributed by atoms with van der Waals surface area (Å²) >= 11 is 1.52. The van der Waals surface area contributed by atoms with Crippen LogP contribution in [0.15, 0.2) is 41.8 Å². The van der Waals surface area contributed by atoms with Crippen LogP contribution in [-0.4, -0.2) is 44.1 Å². The molecule has 4 rings (SSSR count). The number of amides is 2. The first-order valence-corrected chi connectivity index (χ1v) is 13.3. The number of anilines is 1. The van der Waals surface area contributed by atoms with E-state index in [1.807, 2.05) is 48.7 Å². The maximum atomic E-state index is 13.7. The fourth-order valence-corrected chi connectivity index (χ4v) is 5.18. The van der Waals surface area contributed by atoms with Gasteiger partial charge in [-0.1, -0.05) is 56.9 Å². The summed E-state index contributed by atoms with van der Waals surface area (Å²) in [5.74, 6) is 0.384. The average molecular weight is 495 g/mol. The van der Waals surface area contributed by atoms with E-state index in [4.69, 9.17) is 0 Å². The topological polar surface area (TPSA) is 93.0 Å². The van der Waals surface area contributed by atoms with Crippen LogP contribution in [0.1, 0.15) is 57.9 Å². The Morgan fingerprint density at radius 1 is 1.14 bits per heavy atom. The van der Waals surface area contributed by atoms with E-state index in [0.29, 0.717) is 17.9 Å². The molecule has 0 saturated heterocycles. The van der Waals surface area contributed by atoms with Gasteiger partial charge in [-0.15, -0.1) is 21.5 Å². The van der Waals surface area contributed by atoms with Crippen LogP contribution in [0.5, 0.6) is 0 Å². The zero-order valence-electron chi connectivity index (χ0n) is 20.7. The summed E-state index contributed by atoms with van der Waals surface area (Å²) in [4.78, 5) is 31.2. The fraction of sp³-hybridized carbons (Fsp3) is 0.500. The van der Waals surface area contributed by atoms with Crippen LogP contribution < -0.4 is 10.2 Å². The predicted octanol–water partition coefficient (Wildman–Crippen LogP) is 4.61. The van der Waals surface area contributed by atoms with E-state index < -0.39 is 6.04 Å². The van der Waals surface area contributed by atoms with Crippen LogP contribution in [0.2, 0.25) is 0 Å². The predicted molar refractivity (Wildman–Crippen MR) is 138 cm³/mol. The minimum Gasteiger partial charge on any atom is -0.352 e. The van der Waals surface area contributed by atoms with Gasteiger partial charge in [0.15, 0.2) is 0 Å². The Labute approximate surface area is 210 Å². The summed E-state index contributed by atoms with van der Waals surface area (Å²) in [5.41, 5.74) is 1.79. The van der Waals surface area contributed by atoms with Gasteiger partial charge < -0.3 is 5.32 Å². The maximum absolute atomic E-state index is 13.7. The van der Waals surface area contributed by atoms with Gasteiger partial charge in [0, 0.05) is 11.7 Å². The van der Waals surface area contributed by atoms with Crippen LogP contribution in [-0.2, 0) is 16.1 Å². The highest BCUT2D eigenvalue weighted by Crippen LogP contribution is 2.25. The van der Waals surface area contributed by atoms with Crippen LogP contribution >= 0.6 is 11.3 Å². The second-order valence-corrected chi connectivity index (χ2v) is 10.7. The number of tetrazole rings is 1. The molecule has 2 aromatic heterocycles. The molecule has 2 amide bonds. The first-order chi connectivity index (χ1) is 16.9. The molecule has 9 heteroatoms. The lowest BCUT2D eigenvalue weighted by Crippen LogP contribution is -2.53. The highest BCUT2D eigenvalue weighted by Gasteiger charge is 2.33. The molecule has 0 radical (unpaired) electrons. The van der Waals surface area contributed by atoms with Crippen molar-refractivity contribution in [2.24, 2.45) is 5.92 Å². The van der Waals surface area contributed by atoms with E-state index in [2.05, 4.69) is 34.6 Å². The molecule has 0 spiro atoms. The summed E-state index contributed by atoms with van der Waals surface area (Å²) in [6.07, 6.45) is 6.02. The molecule has 8 nitrogen and oxygen atoms in total. The molecule has 1 N–H and O–H groups in total. The summed E-state index contributed by atoms with van der Waals surface area (Å²) in [7, 11) is 0. The number of benzene rings is 1. The maximum Gasteiger partial charge on any atom is 0.251 e. The van der Waals surface area contributed by atoms with Crippen molar-refractivity contribution in [3.05, 3.63) is 47.3 Å². The van der Waals surface area contributed by atoms with Crippen molar-refractivity contribution in [3.8, 4) is 10.7 Å². The molecule has 1 saturated carbocycles. The quantitative estimate of drug-likeness (QED) is 0.469. The van der Waals surface area contributed by atoms with Crippen molar-refractivity contribution >= 4 is 28.8 Å². The number of carbonyl (C=O) groups is 2. The number of carbonyl (C=O) groups excluding carboxylic acids is 2. The Bertz CT molecular complexity index is 1100. The highest BCUT2D eigenvalue weighted by atomic mass is 32.1. The minimum absolute atomic E-state index is 0.0923. The van der Waals surface area contributed by atoms with E-state index in [-0.39, 0.29) is 30.3 Å². The molecule has 0 bridgehead atoms. The Kier molecular flexibility index (Phi) is 8.28.